The second-order valence-electron chi connectivity index (χ2n) is 7.12. The Kier molecular flexibility index (Phi) is 5.37. The highest BCUT2D eigenvalue weighted by Crippen LogP contribution is 2.25. The first-order chi connectivity index (χ1) is 13.8. The highest BCUT2D eigenvalue weighted by molar-refractivity contribution is 5.97. The van der Waals surface area contributed by atoms with Crippen molar-refractivity contribution in [2.75, 3.05) is 20.2 Å². The lowest BCUT2D eigenvalue weighted by molar-refractivity contribution is 0.0668. The Morgan fingerprint density at radius 1 is 1.14 bits per heavy atom. The molecule has 1 atom stereocenters. The van der Waals surface area contributed by atoms with Gasteiger partial charge in [-0.3, -0.25) is 9.36 Å². The van der Waals surface area contributed by atoms with Crippen LogP contribution in [-0.2, 0) is 6.42 Å². The SMILES string of the molecule is COc1ccccc1C(=O)N1CCCC(Cc2nncn2-c2ccccc2)C1. The van der Waals surface area contributed by atoms with Gasteiger partial charge in [0.25, 0.3) is 5.91 Å². The maximum absolute atomic E-state index is 13.0. The van der Waals surface area contributed by atoms with Crippen molar-refractivity contribution in [2.45, 2.75) is 19.3 Å². The molecule has 0 bridgehead atoms. The van der Waals surface area contributed by atoms with Crippen LogP contribution in [0.4, 0.5) is 0 Å². The van der Waals surface area contributed by atoms with Gasteiger partial charge in [0.15, 0.2) is 0 Å². The zero-order valence-corrected chi connectivity index (χ0v) is 16.0. The number of carbonyl (C=O) groups excluding carboxylic acids is 1. The number of hydrogen-bond donors (Lipinski definition) is 0. The van der Waals surface area contributed by atoms with Gasteiger partial charge in [-0.2, -0.15) is 0 Å². The molecule has 0 radical (unpaired) electrons. The van der Waals surface area contributed by atoms with Gasteiger partial charge in [0.1, 0.15) is 17.9 Å². The number of ether oxygens (including phenoxy) is 1. The number of nitrogens with zero attached hydrogens (tertiary/aromatic N) is 4. The summed E-state index contributed by atoms with van der Waals surface area (Å²) in [6.45, 7) is 1.50. The summed E-state index contributed by atoms with van der Waals surface area (Å²) in [5.41, 5.74) is 1.68. The van der Waals surface area contributed by atoms with E-state index in [-0.39, 0.29) is 5.91 Å². The third-order valence-electron chi connectivity index (χ3n) is 5.27. The Labute approximate surface area is 164 Å². The lowest BCUT2D eigenvalue weighted by atomic mass is 9.93. The molecular weight excluding hydrogens is 352 g/mol. The number of amides is 1. The Morgan fingerprint density at radius 2 is 1.93 bits per heavy atom. The first-order valence-corrected chi connectivity index (χ1v) is 9.63. The highest BCUT2D eigenvalue weighted by Gasteiger charge is 2.27. The molecular formula is C22H24N4O2. The normalized spacial score (nSPS) is 16.8. The number of benzene rings is 2. The Bertz CT molecular complexity index is 938. The average molecular weight is 376 g/mol. The molecule has 1 aromatic heterocycles. The third-order valence-corrected chi connectivity index (χ3v) is 5.27. The molecule has 2 aromatic carbocycles. The summed E-state index contributed by atoms with van der Waals surface area (Å²) < 4.78 is 7.39. The van der Waals surface area contributed by atoms with Crippen molar-refractivity contribution in [1.29, 1.82) is 0 Å². The van der Waals surface area contributed by atoms with Crippen molar-refractivity contribution in [3.63, 3.8) is 0 Å². The first kappa shape index (κ1) is 18.2. The standard InChI is InChI=1S/C22H24N4O2/c1-28-20-12-6-5-11-19(20)22(27)25-13-7-8-17(15-25)14-21-24-23-16-26(21)18-9-3-2-4-10-18/h2-6,9-12,16-17H,7-8,13-15H2,1H3. The predicted molar refractivity (Wildman–Crippen MR) is 107 cm³/mol. The quantitative estimate of drug-likeness (QED) is 0.685. The molecule has 4 rings (SSSR count). The Hall–Kier alpha value is -3.15. The molecule has 1 fully saturated rings. The van der Waals surface area contributed by atoms with Crippen LogP contribution >= 0.6 is 0 Å². The fourth-order valence-electron chi connectivity index (χ4n) is 3.87. The molecule has 28 heavy (non-hydrogen) atoms. The summed E-state index contributed by atoms with van der Waals surface area (Å²) in [4.78, 5) is 15.0. The van der Waals surface area contributed by atoms with E-state index < -0.39 is 0 Å². The summed E-state index contributed by atoms with van der Waals surface area (Å²) in [5.74, 6) is 1.95. The van der Waals surface area contributed by atoms with Gasteiger partial charge in [-0.1, -0.05) is 30.3 Å². The van der Waals surface area contributed by atoms with Gasteiger partial charge in [-0.25, -0.2) is 0 Å². The number of rotatable bonds is 5. The average Bonchev–Trinajstić information content (AvgIpc) is 3.22. The van der Waals surface area contributed by atoms with E-state index in [0.29, 0.717) is 17.2 Å². The van der Waals surface area contributed by atoms with Crippen LogP contribution in [-0.4, -0.2) is 45.8 Å². The second kappa shape index (κ2) is 8.25. The van der Waals surface area contributed by atoms with Crippen molar-refractivity contribution in [2.24, 2.45) is 5.92 Å². The van der Waals surface area contributed by atoms with Gasteiger partial charge in [0, 0.05) is 25.2 Å². The number of hydrogen-bond acceptors (Lipinski definition) is 4. The number of carbonyl (C=O) groups is 1. The topological polar surface area (TPSA) is 60.2 Å². The molecule has 1 aliphatic heterocycles. The van der Waals surface area contributed by atoms with E-state index >= 15 is 0 Å². The van der Waals surface area contributed by atoms with E-state index in [1.807, 2.05) is 64.1 Å². The molecule has 1 saturated heterocycles. The van der Waals surface area contributed by atoms with Crippen LogP contribution < -0.4 is 4.74 Å². The monoisotopic (exact) mass is 376 g/mol. The van der Waals surface area contributed by atoms with Crippen molar-refractivity contribution >= 4 is 5.91 Å². The van der Waals surface area contributed by atoms with Gasteiger partial charge in [0.2, 0.25) is 0 Å². The molecule has 1 amide bonds. The summed E-state index contributed by atoms with van der Waals surface area (Å²) in [7, 11) is 1.60. The lowest BCUT2D eigenvalue weighted by Gasteiger charge is -2.33. The summed E-state index contributed by atoms with van der Waals surface area (Å²) in [5, 5.41) is 8.44. The van der Waals surface area contributed by atoms with Crippen LogP contribution in [0.5, 0.6) is 5.75 Å². The number of methoxy groups -OCH3 is 1. The number of piperidine rings is 1. The molecule has 144 valence electrons. The van der Waals surface area contributed by atoms with Crippen LogP contribution in [0, 0.1) is 5.92 Å². The first-order valence-electron chi connectivity index (χ1n) is 9.63. The molecule has 2 heterocycles. The molecule has 0 saturated carbocycles. The smallest absolute Gasteiger partial charge is 0.257 e. The van der Waals surface area contributed by atoms with E-state index in [0.717, 1.165) is 43.9 Å². The molecule has 0 aliphatic carbocycles. The number of aromatic nitrogens is 3. The van der Waals surface area contributed by atoms with Crippen LogP contribution in [0.3, 0.4) is 0 Å². The molecule has 0 N–H and O–H groups in total. The van der Waals surface area contributed by atoms with E-state index in [4.69, 9.17) is 4.74 Å². The number of likely N-dealkylation sites (tertiary alicyclic amines) is 1. The Morgan fingerprint density at radius 3 is 2.75 bits per heavy atom. The van der Waals surface area contributed by atoms with Crippen LogP contribution in [0.2, 0.25) is 0 Å². The third kappa shape index (κ3) is 3.76. The van der Waals surface area contributed by atoms with E-state index in [2.05, 4.69) is 10.2 Å². The lowest BCUT2D eigenvalue weighted by Crippen LogP contribution is -2.40. The van der Waals surface area contributed by atoms with Gasteiger partial charge in [0.05, 0.1) is 12.7 Å². The summed E-state index contributed by atoms with van der Waals surface area (Å²) >= 11 is 0. The van der Waals surface area contributed by atoms with Crippen LogP contribution in [0.1, 0.15) is 29.0 Å². The van der Waals surface area contributed by atoms with E-state index in [9.17, 15) is 4.79 Å². The van der Waals surface area contributed by atoms with Crippen molar-refractivity contribution in [3.05, 3.63) is 72.3 Å². The van der Waals surface area contributed by atoms with Gasteiger partial charge < -0.3 is 9.64 Å². The molecule has 1 aliphatic rings. The van der Waals surface area contributed by atoms with Gasteiger partial charge in [-0.15, -0.1) is 10.2 Å². The maximum atomic E-state index is 13.0. The summed E-state index contributed by atoms with van der Waals surface area (Å²) in [6.07, 6.45) is 4.62. The van der Waals surface area contributed by atoms with Crippen LogP contribution in [0.15, 0.2) is 60.9 Å². The van der Waals surface area contributed by atoms with E-state index in [1.54, 1.807) is 13.4 Å². The number of para-hydroxylation sites is 2. The van der Waals surface area contributed by atoms with Crippen LogP contribution in [0.25, 0.3) is 5.69 Å². The largest absolute Gasteiger partial charge is 0.496 e. The fraction of sp³-hybridized carbons (Fsp3) is 0.318. The van der Waals surface area contributed by atoms with E-state index in [1.165, 1.54) is 0 Å². The second-order valence-corrected chi connectivity index (χ2v) is 7.12. The Balaban J connectivity index is 1.48. The zero-order valence-electron chi connectivity index (χ0n) is 16.0. The zero-order chi connectivity index (χ0) is 19.3. The molecule has 3 aromatic rings. The fourth-order valence-corrected chi connectivity index (χ4v) is 3.87. The van der Waals surface area contributed by atoms with Crippen molar-refractivity contribution < 1.29 is 9.53 Å². The molecule has 0 spiro atoms. The molecule has 1 unspecified atom stereocenters. The highest BCUT2D eigenvalue weighted by atomic mass is 16.5. The minimum atomic E-state index is 0.0340. The van der Waals surface area contributed by atoms with Gasteiger partial charge >= 0.3 is 0 Å². The molecule has 6 nitrogen and oxygen atoms in total. The molecule has 6 heteroatoms. The predicted octanol–water partition coefficient (Wildman–Crippen LogP) is 3.37. The minimum absolute atomic E-state index is 0.0340. The van der Waals surface area contributed by atoms with Gasteiger partial charge in [-0.05, 0) is 43.0 Å². The van der Waals surface area contributed by atoms with Crippen molar-refractivity contribution in [1.82, 2.24) is 19.7 Å². The minimum Gasteiger partial charge on any atom is -0.496 e. The summed E-state index contributed by atoms with van der Waals surface area (Å²) in [6, 6.07) is 17.5. The van der Waals surface area contributed by atoms with Crippen molar-refractivity contribution in [3.8, 4) is 11.4 Å². The maximum Gasteiger partial charge on any atom is 0.257 e.